The van der Waals surface area contributed by atoms with Crippen LogP contribution in [-0.2, 0) is 0 Å². The van der Waals surface area contributed by atoms with E-state index in [1.807, 2.05) is 6.92 Å². The van der Waals surface area contributed by atoms with Crippen LogP contribution in [0.1, 0.15) is 62.7 Å². The van der Waals surface area contributed by atoms with Crippen LogP contribution in [0.5, 0.6) is 0 Å². The fourth-order valence-electron chi connectivity index (χ4n) is 1.96. The average molecular weight is 195 g/mol. The minimum absolute atomic E-state index is 0.153. The van der Waals surface area contributed by atoms with E-state index in [2.05, 4.69) is 10.1 Å². The second kappa shape index (κ2) is 4.09. The zero-order chi connectivity index (χ0) is 9.97. The molecular formula is C10H17N3O. The highest BCUT2D eigenvalue weighted by Crippen LogP contribution is 2.31. The topological polar surface area (TPSA) is 64.9 Å². The Morgan fingerprint density at radius 3 is 2.64 bits per heavy atom. The van der Waals surface area contributed by atoms with E-state index in [9.17, 15) is 0 Å². The van der Waals surface area contributed by atoms with Crippen LogP contribution in [-0.4, -0.2) is 10.1 Å². The molecule has 1 aromatic heterocycles. The molecule has 0 bridgehead atoms. The van der Waals surface area contributed by atoms with Crippen molar-refractivity contribution in [2.24, 2.45) is 5.73 Å². The molecule has 0 aromatic carbocycles. The molecule has 2 N–H and O–H groups in total. The van der Waals surface area contributed by atoms with Gasteiger partial charge in [0.1, 0.15) is 0 Å². The number of nitrogens with two attached hydrogens (primary N) is 1. The number of hydrogen-bond acceptors (Lipinski definition) is 4. The van der Waals surface area contributed by atoms with Crippen LogP contribution in [0.2, 0.25) is 0 Å². The van der Waals surface area contributed by atoms with Crippen molar-refractivity contribution in [1.82, 2.24) is 10.1 Å². The molecule has 1 aliphatic rings. The maximum absolute atomic E-state index is 5.66. The van der Waals surface area contributed by atoms with Gasteiger partial charge in [0.05, 0.1) is 6.04 Å². The van der Waals surface area contributed by atoms with Crippen LogP contribution in [0.15, 0.2) is 4.52 Å². The Hall–Kier alpha value is -0.900. The number of aromatic nitrogens is 2. The van der Waals surface area contributed by atoms with E-state index in [1.165, 1.54) is 32.1 Å². The van der Waals surface area contributed by atoms with E-state index in [-0.39, 0.29) is 6.04 Å². The zero-order valence-corrected chi connectivity index (χ0v) is 8.57. The zero-order valence-electron chi connectivity index (χ0n) is 8.57. The van der Waals surface area contributed by atoms with Crippen LogP contribution >= 0.6 is 0 Å². The Morgan fingerprint density at radius 2 is 2.07 bits per heavy atom. The SMILES string of the molecule is CC(N)c1nc(C2CCCCC2)no1. The lowest BCUT2D eigenvalue weighted by Gasteiger charge is -2.17. The fraction of sp³-hybridized carbons (Fsp3) is 0.800. The highest BCUT2D eigenvalue weighted by atomic mass is 16.5. The summed E-state index contributed by atoms with van der Waals surface area (Å²) in [6, 6.07) is -0.153. The summed E-state index contributed by atoms with van der Waals surface area (Å²) in [5, 5.41) is 4.00. The lowest BCUT2D eigenvalue weighted by Crippen LogP contribution is -2.08. The van der Waals surface area contributed by atoms with Crippen molar-refractivity contribution in [2.45, 2.75) is 51.0 Å². The summed E-state index contributed by atoms with van der Waals surface area (Å²) in [4.78, 5) is 4.33. The van der Waals surface area contributed by atoms with Gasteiger partial charge >= 0.3 is 0 Å². The van der Waals surface area contributed by atoms with Crippen LogP contribution in [0.25, 0.3) is 0 Å². The molecule has 0 saturated heterocycles. The molecule has 78 valence electrons. The molecule has 4 heteroatoms. The molecule has 1 aliphatic carbocycles. The largest absolute Gasteiger partial charge is 0.338 e. The first-order valence-corrected chi connectivity index (χ1v) is 5.36. The predicted molar refractivity (Wildman–Crippen MR) is 52.7 cm³/mol. The molecule has 1 aromatic rings. The summed E-state index contributed by atoms with van der Waals surface area (Å²) in [5.74, 6) is 1.92. The number of hydrogen-bond donors (Lipinski definition) is 1. The third-order valence-electron chi connectivity index (χ3n) is 2.82. The monoisotopic (exact) mass is 195 g/mol. The fourth-order valence-corrected chi connectivity index (χ4v) is 1.96. The van der Waals surface area contributed by atoms with Gasteiger partial charge in [-0.1, -0.05) is 24.4 Å². The average Bonchev–Trinajstić information content (AvgIpc) is 2.68. The van der Waals surface area contributed by atoms with Gasteiger partial charge in [-0.2, -0.15) is 4.98 Å². The van der Waals surface area contributed by atoms with E-state index in [1.54, 1.807) is 0 Å². The summed E-state index contributed by atoms with van der Waals surface area (Å²) in [5.41, 5.74) is 5.66. The predicted octanol–water partition coefficient (Wildman–Crippen LogP) is 2.14. The molecule has 0 radical (unpaired) electrons. The Kier molecular flexibility index (Phi) is 2.82. The molecule has 4 nitrogen and oxygen atoms in total. The van der Waals surface area contributed by atoms with E-state index in [0.29, 0.717) is 11.8 Å². The van der Waals surface area contributed by atoms with Gasteiger partial charge in [-0.25, -0.2) is 0 Å². The highest BCUT2D eigenvalue weighted by molar-refractivity contribution is 4.98. The molecule has 1 atom stereocenters. The van der Waals surface area contributed by atoms with Crippen molar-refractivity contribution in [1.29, 1.82) is 0 Å². The molecule has 1 heterocycles. The van der Waals surface area contributed by atoms with E-state index < -0.39 is 0 Å². The summed E-state index contributed by atoms with van der Waals surface area (Å²) >= 11 is 0. The van der Waals surface area contributed by atoms with E-state index in [4.69, 9.17) is 10.3 Å². The van der Waals surface area contributed by atoms with Gasteiger partial charge in [0.15, 0.2) is 5.82 Å². The maximum atomic E-state index is 5.66. The minimum atomic E-state index is -0.153. The van der Waals surface area contributed by atoms with Crippen molar-refractivity contribution in [3.8, 4) is 0 Å². The second-order valence-corrected chi connectivity index (χ2v) is 4.11. The van der Waals surface area contributed by atoms with Gasteiger partial charge in [-0.05, 0) is 19.8 Å². The first-order valence-electron chi connectivity index (χ1n) is 5.36. The molecule has 0 aliphatic heterocycles. The smallest absolute Gasteiger partial charge is 0.243 e. The van der Waals surface area contributed by atoms with Crippen LogP contribution in [0.4, 0.5) is 0 Å². The molecule has 1 saturated carbocycles. The van der Waals surface area contributed by atoms with Crippen molar-refractivity contribution >= 4 is 0 Å². The van der Waals surface area contributed by atoms with Crippen molar-refractivity contribution in [3.05, 3.63) is 11.7 Å². The third kappa shape index (κ3) is 1.95. The van der Waals surface area contributed by atoms with E-state index >= 15 is 0 Å². The molecule has 2 rings (SSSR count). The van der Waals surface area contributed by atoms with Crippen molar-refractivity contribution in [3.63, 3.8) is 0 Å². The highest BCUT2D eigenvalue weighted by Gasteiger charge is 2.21. The van der Waals surface area contributed by atoms with Crippen LogP contribution in [0, 0.1) is 0 Å². The molecular weight excluding hydrogens is 178 g/mol. The normalized spacial score (nSPS) is 21.0. The maximum Gasteiger partial charge on any atom is 0.243 e. The number of rotatable bonds is 2. The third-order valence-corrected chi connectivity index (χ3v) is 2.82. The van der Waals surface area contributed by atoms with Gasteiger partial charge in [0.25, 0.3) is 0 Å². The Morgan fingerprint density at radius 1 is 1.36 bits per heavy atom. The number of nitrogens with zero attached hydrogens (tertiary/aromatic N) is 2. The van der Waals surface area contributed by atoms with Crippen LogP contribution < -0.4 is 5.73 Å². The summed E-state index contributed by atoms with van der Waals surface area (Å²) in [6.45, 7) is 1.86. The molecule has 1 unspecified atom stereocenters. The van der Waals surface area contributed by atoms with E-state index in [0.717, 1.165) is 5.82 Å². The van der Waals surface area contributed by atoms with Gasteiger partial charge in [-0.15, -0.1) is 0 Å². The van der Waals surface area contributed by atoms with Crippen LogP contribution in [0.3, 0.4) is 0 Å². The summed E-state index contributed by atoms with van der Waals surface area (Å²) < 4.78 is 5.09. The Labute approximate surface area is 83.9 Å². The van der Waals surface area contributed by atoms with Gasteiger partial charge in [0, 0.05) is 5.92 Å². The second-order valence-electron chi connectivity index (χ2n) is 4.11. The first-order chi connectivity index (χ1) is 6.77. The van der Waals surface area contributed by atoms with Crippen molar-refractivity contribution < 1.29 is 4.52 Å². The first kappa shape index (κ1) is 9.65. The standard InChI is InChI=1S/C10H17N3O/c1-7(11)10-12-9(13-14-10)8-5-3-2-4-6-8/h7-8H,2-6,11H2,1H3. The van der Waals surface area contributed by atoms with Gasteiger partial charge in [0.2, 0.25) is 5.89 Å². The van der Waals surface area contributed by atoms with Gasteiger partial charge < -0.3 is 10.3 Å². The lowest BCUT2D eigenvalue weighted by atomic mass is 9.89. The van der Waals surface area contributed by atoms with Crippen molar-refractivity contribution in [2.75, 3.05) is 0 Å². The molecule has 0 spiro atoms. The quantitative estimate of drug-likeness (QED) is 0.785. The minimum Gasteiger partial charge on any atom is -0.338 e. The molecule has 0 amide bonds. The molecule has 14 heavy (non-hydrogen) atoms. The van der Waals surface area contributed by atoms with Gasteiger partial charge in [-0.3, -0.25) is 0 Å². The lowest BCUT2D eigenvalue weighted by molar-refractivity contribution is 0.346. The molecule has 1 fully saturated rings. The Balaban J connectivity index is 2.07. The summed E-state index contributed by atoms with van der Waals surface area (Å²) in [6.07, 6.45) is 6.30. The Bertz CT molecular complexity index is 289. The summed E-state index contributed by atoms with van der Waals surface area (Å²) in [7, 11) is 0.